The molecule has 0 unspecified atom stereocenters. The van der Waals surface area contributed by atoms with Crippen molar-refractivity contribution in [1.82, 2.24) is 0 Å². The number of benzene rings is 1. The molecule has 1 aromatic rings. The predicted octanol–water partition coefficient (Wildman–Crippen LogP) is 3.61. The molecule has 1 N–H and O–H groups in total. The molecule has 118 valence electrons. The summed E-state index contributed by atoms with van der Waals surface area (Å²) < 4.78 is 10.9. The number of nitro benzene ring substituents is 1. The number of nitrogens with zero attached hydrogens (tertiary/aromatic N) is 1. The van der Waals surface area contributed by atoms with E-state index in [1.165, 1.54) is 0 Å². The number of methoxy groups -OCH3 is 1. The Morgan fingerprint density at radius 2 is 2.10 bits per heavy atom. The highest BCUT2D eigenvalue weighted by Crippen LogP contribution is 2.35. The van der Waals surface area contributed by atoms with Gasteiger partial charge in [-0.3, -0.25) is 10.1 Å². The van der Waals surface area contributed by atoms with E-state index in [2.05, 4.69) is 5.32 Å². The molecule has 1 aromatic carbocycles. The molecule has 6 heteroatoms. The molecule has 0 saturated carbocycles. The van der Waals surface area contributed by atoms with Gasteiger partial charge in [-0.1, -0.05) is 13.0 Å². The summed E-state index contributed by atoms with van der Waals surface area (Å²) in [6.07, 6.45) is 1.54. The summed E-state index contributed by atoms with van der Waals surface area (Å²) in [6, 6.07) is 5.07. The maximum atomic E-state index is 11.3. The highest BCUT2D eigenvalue weighted by molar-refractivity contribution is 5.68. The topological polar surface area (TPSA) is 73.6 Å². The number of rotatable bonds is 9. The van der Waals surface area contributed by atoms with Gasteiger partial charge in [-0.2, -0.15) is 0 Å². The largest absolute Gasteiger partial charge is 0.487 e. The second-order valence-electron chi connectivity index (χ2n) is 5.40. The first kappa shape index (κ1) is 17.2. The molecule has 21 heavy (non-hydrogen) atoms. The number of anilines is 1. The predicted molar refractivity (Wildman–Crippen MR) is 83.1 cm³/mol. The Labute approximate surface area is 125 Å². The van der Waals surface area contributed by atoms with Gasteiger partial charge in [-0.05, 0) is 32.4 Å². The molecule has 0 amide bonds. The lowest BCUT2D eigenvalue weighted by molar-refractivity contribution is -0.385. The van der Waals surface area contributed by atoms with Gasteiger partial charge in [0, 0.05) is 20.1 Å². The monoisotopic (exact) mass is 296 g/mol. The molecule has 0 aliphatic carbocycles. The van der Waals surface area contributed by atoms with Crippen molar-refractivity contribution in [3.05, 3.63) is 28.3 Å². The Bertz CT molecular complexity index is 475. The van der Waals surface area contributed by atoms with Crippen LogP contribution in [0.25, 0.3) is 0 Å². The van der Waals surface area contributed by atoms with E-state index in [1.807, 2.05) is 20.8 Å². The van der Waals surface area contributed by atoms with Crippen molar-refractivity contribution >= 4 is 11.4 Å². The first-order valence-corrected chi connectivity index (χ1v) is 7.10. The molecule has 6 nitrogen and oxygen atoms in total. The summed E-state index contributed by atoms with van der Waals surface area (Å²) in [6.45, 7) is 6.94. The Balaban J connectivity index is 2.83. The quantitative estimate of drug-likeness (QED) is 0.556. The lowest BCUT2D eigenvalue weighted by atomic mass is 10.1. The fourth-order valence-corrected chi connectivity index (χ4v) is 1.74. The second kappa shape index (κ2) is 7.83. The van der Waals surface area contributed by atoms with Crippen LogP contribution < -0.4 is 10.1 Å². The second-order valence-corrected chi connectivity index (χ2v) is 5.40. The Kier molecular flexibility index (Phi) is 6.42. The van der Waals surface area contributed by atoms with Gasteiger partial charge in [-0.25, -0.2) is 0 Å². The van der Waals surface area contributed by atoms with Crippen molar-refractivity contribution in [3.63, 3.8) is 0 Å². The molecule has 0 aliphatic rings. The normalized spacial score (nSPS) is 11.2. The van der Waals surface area contributed by atoms with Crippen molar-refractivity contribution in [2.45, 2.75) is 39.2 Å². The molecule has 0 aromatic heterocycles. The van der Waals surface area contributed by atoms with E-state index >= 15 is 0 Å². The third-order valence-corrected chi connectivity index (χ3v) is 3.26. The van der Waals surface area contributed by atoms with E-state index in [4.69, 9.17) is 9.47 Å². The first-order valence-electron chi connectivity index (χ1n) is 7.10. The van der Waals surface area contributed by atoms with Gasteiger partial charge in [0.15, 0.2) is 5.75 Å². The summed E-state index contributed by atoms with van der Waals surface area (Å²) in [5, 5.41) is 14.3. The summed E-state index contributed by atoms with van der Waals surface area (Å²) >= 11 is 0. The first-order chi connectivity index (χ1) is 9.91. The summed E-state index contributed by atoms with van der Waals surface area (Å²) in [5.41, 5.74) is 0.166. The van der Waals surface area contributed by atoms with Gasteiger partial charge in [0.2, 0.25) is 0 Å². The highest BCUT2D eigenvalue weighted by Gasteiger charge is 2.22. The van der Waals surface area contributed by atoms with Crippen molar-refractivity contribution in [1.29, 1.82) is 0 Å². The minimum Gasteiger partial charge on any atom is -0.487 e. The van der Waals surface area contributed by atoms with E-state index in [-0.39, 0.29) is 17.0 Å². The number of hydrogen-bond donors (Lipinski definition) is 1. The van der Waals surface area contributed by atoms with Crippen LogP contribution in [0.1, 0.15) is 33.6 Å². The van der Waals surface area contributed by atoms with Gasteiger partial charge in [0.25, 0.3) is 0 Å². The lowest BCUT2D eigenvalue weighted by Gasteiger charge is -2.22. The van der Waals surface area contributed by atoms with Crippen LogP contribution in [0.3, 0.4) is 0 Å². The lowest BCUT2D eigenvalue weighted by Crippen LogP contribution is -2.25. The van der Waals surface area contributed by atoms with Gasteiger partial charge in [-0.15, -0.1) is 0 Å². The van der Waals surface area contributed by atoms with E-state index in [0.717, 1.165) is 6.42 Å². The minimum absolute atomic E-state index is 0.0128. The van der Waals surface area contributed by atoms with E-state index < -0.39 is 4.92 Å². The highest BCUT2D eigenvalue weighted by atomic mass is 16.6. The molecule has 0 bridgehead atoms. The van der Waals surface area contributed by atoms with Gasteiger partial charge < -0.3 is 14.8 Å². The standard InChI is InChI=1S/C15H24N2O4/c1-5-10-16-12-7-6-8-13(14(12)17(18)19)21-11-9-15(2,3)20-4/h6-8,16H,5,9-11H2,1-4H3. The zero-order chi connectivity index (χ0) is 15.9. The Morgan fingerprint density at radius 1 is 1.38 bits per heavy atom. The van der Waals surface area contributed by atoms with Crippen LogP contribution in [0.15, 0.2) is 18.2 Å². The molecule has 0 fully saturated rings. The molecular formula is C15H24N2O4. The van der Waals surface area contributed by atoms with Crippen LogP contribution in [0.5, 0.6) is 5.75 Å². The molecule has 0 saturated heterocycles. The summed E-state index contributed by atoms with van der Waals surface area (Å²) in [7, 11) is 1.64. The van der Waals surface area contributed by atoms with Crippen LogP contribution in [0, 0.1) is 10.1 Å². The van der Waals surface area contributed by atoms with Crippen molar-refractivity contribution < 1.29 is 14.4 Å². The molecule has 0 aliphatic heterocycles. The van der Waals surface area contributed by atoms with E-state index in [1.54, 1.807) is 25.3 Å². The van der Waals surface area contributed by atoms with Gasteiger partial charge >= 0.3 is 5.69 Å². The third kappa shape index (κ3) is 5.23. The van der Waals surface area contributed by atoms with Crippen molar-refractivity contribution in [3.8, 4) is 5.75 Å². The van der Waals surface area contributed by atoms with Crippen LogP contribution in [-0.2, 0) is 4.74 Å². The Hall–Kier alpha value is -1.82. The summed E-state index contributed by atoms with van der Waals surface area (Å²) in [4.78, 5) is 10.9. The summed E-state index contributed by atoms with van der Waals surface area (Å²) in [5.74, 6) is 0.285. The fourth-order valence-electron chi connectivity index (χ4n) is 1.74. The maximum absolute atomic E-state index is 11.3. The number of ether oxygens (including phenoxy) is 2. The van der Waals surface area contributed by atoms with Crippen molar-refractivity contribution in [2.24, 2.45) is 0 Å². The fraction of sp³-hybridized carbons (Fsp3) is 0.600. The van der Waals surface area contributed by atoms with Crippen LogP contribution in [0.2, 0.25) is 0 Å². The number of nitro groups is 1. The molecule has 1 rings (SSSR count). The number of hydrogen-bond acceptors (Lipinski definition) is 5. The minimum atomic E-state index is -0.408. The van der Waals surface area contributed by atoms with Gasteiger partial charge in [0.1, 0.15) is 5.69 Å². The average molecular weight is 296 g/mol. The zero-order valence-corrected chi connectivity index (χ0v) is 13.1. The Morgan fingerprint density at radius 3 is 2.67 bits per heavy atom. The third-order valence-electron chi connectivity index (χ3n) is 3.26. The SMILES string of the molecule is CCCNc1cccc(OCCC(C)(C)OC)c1[N+](=O)[O-]. The molecule has 0 heterocycles. The van der Waals surface area contributed by atoms with Crippen LogP contribution in [0.4, 0.5) is 11.4 Å². The zero-order valence-electron chi connectivity index (χ0n) is 13.1. The van der Waals surface area contributed by atoms with Gasteiger partial charge in [0.05, 0.1) is 17.1 Å². The van der Waals surface area contributed by atoms with Crippen LogP contribution in [-0.4, -0.2) is 30.8 Å². The maximum Gasteiger partial charge on any atom is 0.333 e. The number of nitrogens with one attached hydrogen (secondary N) is 1. The molecule has 0 spiro atoms. The van der Waals surface area contributed by atoms with E-state index in [0.29, 0.717) is 25.3 Å². The molecular weight excluding hydrogens is 272 g/mol. The van der Waals surface area contributed by atoms with E-state index in [9.17, 15) is 10.1 Å². The van der Waals surface area contributed by atoms with Crippen LogP contribution >= 0.6 is 0 Å². The van der Waals surface area contributed by atoms with Crippen molar-refractivity contribution in [2.75, 3.05) is 25.6 Å². The molecule has 0 atom stereocenters. The molecule has 0 radical (unpaired) electrons. The number of para-hydroxylation sites is 1. The smallest absolute Gasteiger partial charge is 0.333 e. The average Bonchev–Trinajstić information content (AvgIpc) is 2.44.